The van der Waals surface area contributed by atoms with Crippen molar-refractivity contribution in [2.45, 2.75) is 39.8 Å². The maximum absolute atomic E-state index is 4.33. The number of rotatable bonds is 4. The molecule has 0 unspecified atom stereocenters. The Balaban J connectivity index is 2.29. The highest BCUT2D eigenvalue weighted by Gasteiger charge is 2.08. The van der Waals surface area contributed by atoms with Crippen molar-refractivity contribution in [1.29, 1.82) is 0 Å². The van der Waals surface area contributed by atoms with E-state index in [1.54, 1.807) is 6.20 Å². The van der Waals surface area contributed by atoms with E-state index in [1.807, 2.05) is 27.8 Å². The molecule has 0 saturated heterocycles. The summed E-state index contributed by atoms with van der Waals surface area (Å²) in [7, 11) is 0. The maximum Gasteiger partial charge on any atom is 0.207 e. The molecule has 0 aliphatic rings. The molecule has 2 aromatic rings. The molecule has 0 saturated carbocycles. The third-order valence-electron chi connectivity index (χ3n) is 2.45. The predicted octanol–water partition coefficient (Wildman–Crippen LogP) is 2.47. The number of hydrogen-bond donors (Lipinski definition) is 1. The van der Waals surface area contributed by atoms with Crippen LogP contribution in [0, 0.1) is 0 Å². The molecule has 0 aliphatic heterocycles. The molecule has 2 heterocycles. The molecule has 2 rings (SSSR count). The van der Waals surface area contributed by atoms with Gasteiger partial charge in [0.05, 0.1) is 11.9 Å². The highest BCUT2D eigenvalue weighted by Crippen LogP contribution is 2.15. The molecule has 92 valence electrons. The van der Waals surface area contributed by atoms with Crippen LogP contribution in [-0.2, 0) is 0 Å². The van der Waals surface area contributed by atoms with E-state index in [0.717, 1.165) is 11.6 Å². The first-order valence-corrected chi connectivity index (χ1v) is 5.92. The number of hydrogen-bond acceptors (Lipinski definition) is 3. The standard InChI is InChI=1S/C12H19N5/c1-9(2)15-12-13-5-6-16(12)11-7-14-17(8-11)10(3)4/h5-10H,1-4H3,(H,13,15). The van der Waals surface area contributed by atoms with Gasteiger partial charge in [-0.15, -0.1) is 0 Å². The second-order valence-electron chi connectivity index (χ2n) is 4.69. The molecular weight excluding hydrogens is 214 g/mol. The lowest BCUT2D eigenvalue weighted by atomic mass is 10.4. The molecule has 0 spiro atoms. The van der Waals surface area contributed by atoms with Crippen LogP contribution in [-0.4, -0.2) is 25.4 Å². The van der Waals surface area contributed by atoms with E-state index in [9.17, 15) is 0 Å². The fraction of sp³-hybridized carbons (Fsp3) is 0.500. The molecule has 0 aromatic carbocycles. The molecule has 17 heavy (non-hydrogen) atoms. The Labute approximate surface area is 101 Å². The molecule has 5 heteroatoms. The molecule has 0 bridgehead atoms. The van der Waals surface area contributed by atoms with Gasteiger partial charge >= 0.3 is 0 Å². The summed E-state index contributed by atoms with van der Waals surface area (Å²) < 4.78 is 3.94. The molecule has 0 atom stereocenters. The van der Waals surface area contributed by atoms with Crippen LogP contribution >= 0.6 is 0 Å². The minimum atomic E-state index is 0.358. The topological polar surface area (TPSA) is 47.7 Å². The first kappa shape index (κ1) is 11.7. The Morgan fingerprint density at radius 1 is 1.24 bits per heavy atom. The van der Waals surface area contributed by atoms with Crippen LogP contribution in [0.1, 0.15) is 33.7 Å². The quantitative estimate of drug-likeness (QED) is 0.882. The van der Waals surface area contributed by atoms with Crippen LogP contribution in [0.15, 0.2) is 24.8 Å². The molecule has 0 amide bonds. The molecule has 0 aliphatic carbocycles. The summed E-state index contributed by atoms with van der Waals surface area (Å²) in [4.78, 5) is 4.30. The van der Waals surface area contributed by atoms with E-state index in [4.69, 9.17) is 0 Å². The van der Waals surface area contributed by atoms with Crippen molar-refractivity contribution in [1.82, 2.24) is 19.3 Å². The molecule has 2 aromatic heterocycles. The van der Waals surface area contributed by atoms with Crippen molar-refractivity contribution in [2.75, 3.05) is 5.32 Å². The predicted molar refractivity (Wildman–Crippen MR) is 68.5 cm³/mol. The van der Waals surface area contributed by atoms with E-state index in [0.29, 0.717) is 12.1 Å². The van der Waals surface area contributed by atoms with Crippen molar-refractivity contribution in [2.24, 2.45) is 0 Å². The van der Waals surface area contributed by atoms with Gasteiger partial charge in [-0.05, 0) is 27.7 Å². The number of aromatic nitrogens is 4. The smallest absolute Gasteiger partial charge is 0.207 e. The monoisotopic (exact) mass is 233 g/mol. The summed E-state index contributed by atoms with van der Waals surface area (Å²) in [5.74, 6) is 0.850. The number of nitrogens with one attached hydrogen (secondary N) is 1. The van der Waals surface area contributed by atoms with Gasteiger partial charge in [0.2, 0.25) is 5.95 Å². The lowest BCUT2D eigenvalue weighted by Crippen LogP contribution is -2.13. The van der Waals surface area contributed by atoms with E-state index >= 15 is 0 Å². The fourth-order valence-corrected chi connectivity index (χ4v) is 1.61. The number of anilines is 1. The van der Waals surface area contributed by atoms with Crippen LogP contribution < -0.4 is 5.32 Å². The van der Waals surface area contributed by atoms with E-state index < -0.39 is 0 Å². The Bertz CT molecular complexity index is 481. The number of nitrogens with zero attached hydrogens (tertiary/aromatic N) is 4. The average molecular weight is 233 g/mol. The Kier molecular flexibility index (Phi) is 3.17. The van der Waals surface area contributed by atoms with Crippen molar-refractivity contribution in [3.05, 3.63) is 24.8 Å². The zero-order chi connectivity index (χ0) is 12.4. The first-order chi connectivity index (χ1) is 8.08. The van der Waals surface area contributed by atoms with Gasteiger partial charge in [0, 0.05) is 30.7 Å². The van der Waals surface area contributed by atoms with Crippen LogP contribution in [0.5, 0.6) is 0 Å². The largest absolute Gasteiger partial charge is 0.353 e. The highest BCUT2D eigenvalue weighted by atomic mass is 15.3. The van der Waals surface area contributed by atoms with Gasteiger partial charge in [-0.25, -0.2) is 4.98 Å². The third-order valence-corrected chi connectivity index (χ3v) is 2.45. The average Bonchev–Trinajstić information content (AvgIpc) is 2.83. The van der Waals surface area contributed by atoms with Crippen molar-refractivity contribution in [3.8, 4) is 5.69 Å². The van der Waals surface area contributed by atoms with Crippen molar-refractivity contribution >= 4 is 5.95 Å². The van der Waals surface area contributed by atoms with Crippen LogP contribution in [0.3, 0.4) is 0 Å². The lowest BCUT2D eigenvalue weighted by molar-refractivity contribution is 0.532. The SMILES string of the molecule is CC(C)Nc1nccn1-c1cnn(C(C)C)c1. The first-order valence-electron chi connectivity index (χ1n) is 5.92. The van der Waals surface area contributed by atoms with Gasteiger partial charge in [0.25, 0.3) is 0 Å². The summed E-state index contributed by atoms with van der Waals surface area (Å²) in [6.07, 6.45) is 7.61. The summed E-state index contributed by atoms with van der Waals surface area (Å²) >= 11 is 0. The molecule has 0 fully saturated rings. The molecule has 0 radical (unpaired) electrons. The Morgan fingerprint density at radius 3 is 2.59 bits per heavy atom. The summed E-state index contributed by atoms with van der Waals surface area (Å²) in [5, 5.41) is 7.64. The van der Waals surface area contributed by atoms with Crippen molar-refractivity contribution in [3.63, 3.8) is 0 Å². The minimum absolute atomic E-state index is 0.358. The van der Waals surface area contributed by atoms with Gasteiger partial charge in [-0.3, -0.25) is 9.25 Å². The number of imidazole rings is 1. The van der Waals surface area contributed by atoms with Gasteiger partial charge < -0.3 is 5.32 Å². The zero-order valence-corrected chi connectivity index (χ0v) is 10.8. The van der Waals surface area contributed by atoms with E-state index in [1.165, 1.54) is 0 Å². The van der Waals surface area contributed by atoms with Gasteiger partial charge in [0.1, 0.15) is 0 Å². The van der Waals surface area contributed by atoms with Crippen LogP contribution in [0.4, 0.5) is 5.95 Å². The lowest BCUT2D eigenvalue weighted by Gasteiger charge is -2.10. The van der Waals surface area contributed by atoms with Crippen LogP contribution in [0.25, 0.3) is 5.69 Å². The molecule has 5 nitrogen and oxygen atoms in total. The second-order valence-corrected chi connectivity index (χ2v) is 4.69. The van der Waals surface area contributed by atoms with Gasteiger partial charge in [-0.1, -0.05) is 0 Å². The molecule has 1 N–H and O–H groups in total. The summed E-state index contributed by atoms with van der Waals surface area (Å²) in [6, 6.07) is 0.727. The summed E-state index contributed by atoms with van der Waals surface area (Å²) in [6.45, 7) is 8.41. The van der Waals surface area contributed by atoms with Gasteiger partial charge in [-0.2, -0.15) is 5.10 Å². The molecular formula is C12H19N5. The third kappa shape index (κ3) is 2.49. The fourth-order valence-electron chi connectivity index (χ4n) is 1.61. The van der Waals surface area contributed by atoms with E-state index in [-0.39, 0.29) is 0 Å². The normalized spacial score (nSPS) is 11.4. The summed E-state index contributed by atoms with van der Waals surface area (Å²) in [5.41, 5.74) is 1.03. The Hall–Kier alpha value is -1.78. The van der Waals surface area contributed by atoms with E-state index in [2.05, 4.69) is 43.1 Å². The zero-order valence-electron chi connectivity index (χ0n) is 10.8. The van der Waals surface area contributed by atoms with Gasteiger partial charge in [0.15, 0.2) is 0 Å². The second kappa shape index (κ2) is 4.61. The minimum Gasteiger partial charge on any atom is -0.353 e. The Morgan fingerprint density at radius 2 is 2.00 bits per heavy atom. The highest BCUT2D eigenvalue weighted by molar-refractivity contribution is 5.39. The maximum atomic E-state index is 4.33. The van der Waals surface area contributed by atoms with Crippen LogP contribution in [0.2, 0.25) is 0 Å². The van der Waals surface area contributed by atoms with Crippen molar-refractivity contribution < 1.29 is 0 Å².